The van der Waals surface area contributed by atoms with Gasteiger partial charge in [-0.2, -0.15) is 5.10 Å². The van der Waals surface area contributed by atoms with E-state index in [2.05, 4.69) is 18.9 Å². The van der Waals surface area contributed by atoms with Crippen molar-refractivity contribution in [1.29, 1.82) is 0 Å². The van der Waals surface area contributed by atoms with Crippen molar-refractivity contribution >= 4 is 5.91 Å². The van der Waals surface area contributed by atoms with Gasteiger partial charge in [0.15, 0.2) is 0 Å². The normalized spacial score (nSPS) is 17.7. The molecule has 1 amide bonds. The van der Waals surface area contributed by atoms with Gasteiger partial charge in [-0.3, -0.25) is 9.48 Å². The van der Waals surface area contributed by atoms with Crippen LogP contribution in [0.2, 0.25) is 0 Å². The molecule has 0 saturated heterocycles. The highest BCUT2D eigenvalue weighted by Crippen LogP contribution is 2.30. The minimum absolute atomic E-state index is 0.0766. The van der Waals surface area contributed by atoms with Crippen LogP contribution in [0.4, 0.5) is 0 Å². The van der Waals surface area contributed by atoms with Crippen LogP contribution in [-0.2, 0) is 7.05 Å². The molecule has 0 spiro atoms. The fraction of sp³-hybridized carbons (Fsp3) is 0.733. The number of aliphatic hydroxyl groups is 1. The van der Waals surface area contributed by atoms with Gasteiger partial charge in [-0.05, 0) is 24.8 Å². The molecule has 1 aliphatic carbocycles. The van der Waals surface area contributed by atoms with E-state index in [1.165, 1.54) is 0 Å². The van der Waals surface area contributed by atoms with E-state index in [9.17, 15) is 9.90 Å². The highest BCUT2D eigenvalue weighted by Gasteiger charge is 2.34. The first-order valence-corrected chi connectivity index (χ1v) is 7.34. The number of aromatic nitrogens is 2. The van der Waals surface area contributed by atoms with Crippen molar-refractivity contribution in [2.75, 3.05) is 13.6 Å². The summed E-state index contributed by atoms with van der Waals surface area (Å²) < 4.78 is 1.63. The SMILES string of the molecule is CC(C)c1cc(C(=O)N(C)CC2(O)CCCC2)n(C)n1. The smallest absolute Gasteiger partial charge is 0.271 e. The highest BCUT2D eigenvalue weighted by molar-refractivity contribution is 5.92. The number of hydrogen-bond donors (Lipinski definition) is 1. The van der Waals surface area contributed by atoms with E-state index in [4.69, 9.17) is 0 Å². The molecule has 112 valence electrons. The number of rotatable bonds is 4. The molecule has 0 radical (unpaired) electrons. The molecule has 1 aliphatic rings. The van der Waals surface area contributed by atoms with Crippen LogP contribution in [0.25, 0.3) is 0 Å². The molecule has 20 heavy (non-hydrogen) atoms. The van der Waals surface area contributed by atoms with Crippen molar-refractivity contribution < 1.29 is 9.90 Å². The Labute approximate surface area is 120 Å². The fourth-order valence-electron chi connectivity index (χ4n) is 2.87. The van der Waals surface area contributed by atoms with Gasteiger partial charge >= 0.3 is 0 Å². The Bertz CT molecular complexity index is 487. The summed E-state index contributed by atoms with van der Waals surface area (Å²) in [6.07, 6.45) is 3.66. The average molecular weight is 279 g/mol. The van der Waals surface area contributed by atoms with Gasteiger partial charge in [-0.25, -0.2) is 0 Å². The lowest BCUT2D eigenvalue weighted by Crippen LogP contribution is -2.42. The second-order valence-electron chi connectivity index (χ2n) is 6.33. The van der Waals surface area contributed by atoms with Crippen molar-refractivity contribution in [3.63, 3.8) is 0 Å². The van der Waals surface area contributed by atoms with Crippen LogP contribution in [0.1, 0.15) is 61.6 Å². The maximum absolute atomic E-state index is 12.5. The minimum Gasteiger partial charge on any atom is -0.388 e. The van der Waals surface area contributed by atoms with E-state index < -0.39 is 5.60 Å². The summed E-state index contributed by atoms with van der Waals surface area (Å²) in [4.78, 5) is 14.1. The Morgan fingerprint density at radius 1 is 1.50 bits per heavy atom. The molecule has 5 heteroatoms. The van der Waals surface area contributed by atoms with E-state index in [1.807, 2.05) is 6.07 Å². The minimum atomic E-state index is -0.704. The lowest BCUT2D eigenvalue weighted by Gasteiger charge is -2.28. The van der Waals surface area contributed by atoms with Crippen molar-refractivity contribution in [2.45, 2.75) is 51.0 Å². The van der Waals surface area contributed by atoms with Crippen LogP contribution in [0.3, 0.4) is 0 Å². The predicted molar refractivity (Wildman–Crippen MR) is 77.7 cm³/mol. The van der Waals surface area contributed by atoms with Gasteiger partial charge in [0.1, 0.15) is 5.69 Å². The van der Waals surface area contributed by atoms with Crippen molar-refractivity contribution in [3.05, 3.63) is 17.5 Å². The topological polar surface area (TPSA) is 58.4 Å². The zero-order chi connectivity index (χ0) is 14.9. The summed E-state index contributed by atoms with van der Waals surface area (Å²) in [6.45, 7) is 4.51. The Balaban J connectivity index is 2.10. The fourth-order valence-corrected chi connectivity index (χ4v) is 2.87. The third-order valence-corrected chi connectivity index (χ3v) is 4.12. The van der Waals surface area contributed by atoms with Gasteiger partial charge < -0.3 is 10.0 Å². The average Bonchev–Trinajstić information content (AvgIpc) is 2.95. The standard InChI is InChI=1S/C15H25N3O2/c1-11(2)12-9-13(18(4)16-12)14(19)17(3)10-15(20)7-5-6-8-15/h9,11,20H,5-8,10H2,1-4H3. The third-order valence-electron chi connectivity index (χ3n) is 4.12. The van der Waals surface area contributed by atoms with E-state index in [0.29, 0.717) is 18.2 Å². The molecule has 1 aromatic rings. The zero-order valence-corrected chi connectivity index (χ0v) is 12.9. The van der Waals surface area contributed by atoms with Gasteiger partial charge in [-0.1, -0.05) is 26.7 Å². The molecule has 1 aromatic heterocycles. The number of carbonyl (C=O) groups is 1. The number of nitrogens with zero attached hydrogens (tertiary/aromatic N) is 3. The third kappa shape index (κ3) is 3.03. The molecule has 1 heterocycles. The first-order chi connectivity index (χ1) is 9.32. The first kappa shape index (κ1) is 15.0. The number of amides is 1. The van der Waals surface area contributed by atoms with Crippen molar-refractivity contribution in [2.24, 2.45) is 7.05 Å². The number of likely N-dealkylation sites (N-methyl/N-ethyl adjacent to an activating group) is 1. The molecule has 5 nitrogen and oxygen atoms in total. The molecular weight excluding hydrogens is 254 g/mol. The van der Waals surface area contributed by atoms with Gasteiger partial charge in [0.2, 0.25) is 0 Å². The van der Waals surface area contributed by atoms with Crippen LogP contribution in [0, 0.1) is 0 Å². The number of carbonyl (C=O) groups excluding carboxylic acids is 1. The summed E-state index contributed by atoms with van der Waals surface area (Å²) in [6, 6.07) is 1.85. The van der Waals surface area contributed by atoms with Gasteiger partial charge in [0.05, 0.1) is 11.3 Å². The largest absolute Gasteiger partial charge is 0.388 e. The molecule has 0 bridgehead atoms. The summed E-state index contributed by atoms with van der Waals surface area (Å²) >= 11 is 0. The molecule has 1 saturated carbocycles. The van der Waals surface area contributed by atoms with Crippen molar-refractivity contribution in [1.82, 2.24) is 14.7 Å². The Kier molecular flexibility index (Phi) is 4.18. The van der Waals surface area contributed by atoms with E-state index in [0.717, 1.165) is 31.4 Å². The quantitative estimate of drug-likeness (QED) is 0.916. The Morgan fingerprint density at radius 2 is 2.10 bits per heavy atom. The first-order valence-electron chi connectivity index (χ1n) is 7.34. The maximum atomic E-state index is 12.5. The predicted octanol–water partition coefficient (Wildman–Crippen LogP) is 1.92. The highest BCUT2D eigenvalue weighted by atomic mass is 16.3. The second-order valence-corrected chi connectivity index (χ2v) is 6.33. The summed E-state index contributed by atoms with van der Waals surface area (Å²) in [5, 5.41) is 14.8. The molecule has 0 atom stereocenters. The summed E-state index contributed by atoms with van der Waals surface area (Å²) in [7, 11) is 3.54. The van der Waals surface area contributed by atoms with Crippen LogP contribution in [0.5, 0.6) is 0 Å². The Hall–Kier alpha value is -1.36. The summed E-state index contributed by atoms with van der Waals surface area (Å²) in [5.74, 6) is 0.222. The Morgan fingerprint density at radius 3 is 2.60 bits per heavy atom. The van der Waals surface area contributed by atoms with Crippen LogP contribution >= 0.6 is 0 Å². The molecule has 1 fully saturated rings. The van der Waals surface area contributed by atoms with Crippen LogP contribution in [0.15, 0.2) is 6.07 Å². The summed E-state index contributed by atoms with van der Waals surface area (Å²) in [5.41, 5.74) is 0.797. The van der Waals surface area contributed by atoms with Crippen molar-refractivity contribution in [3.8, 4) is 0 Å². The second kappa shape index (κ2) is 5.56. The molecule has 0 aliphatic heterocycles. The van der Waals surface area contributed by atoms with Crippen LogP contribution < -0.4 is 0 Å². The van der Waals surface area contributed by atoms with E-state index >= 15 is 0 Å². The lowest BCUT2D eigenvalue weighted by molar-refractivity contribution is 0.0153. The molecule has 0 aromatic carbocycles. The van der Waals surface area contributed by atoms with Gasteiger partial charge in [0.25, 0.3) is 5.91 Å². The lowest BCUT2D eigenvalue weighted by atomic mass is 10.0. The van der Waals surface area contributed by atoms with Gasteiger partial charge in [-0.15, -0.1) is 0 Å². The monoisotopic (exact) mass is 279 g/mol. The molecule has 0 unspecified atom stereocenters. The molecule has 2 rings (SSSR count). The zero-order valence-electron chi connectivity index (χ0n) is 12.9. The molecule has 1 N–H and O–H groups in total. The number of hydrogen-bond acceptors (Lipinski definition) is 3. The van der Waals surface area contributed by atoms with E-state index in [-0.39, 0.29) is 5.91 Å². The van der Waals surface area contributed by atoms with Crippen LogP contribution in [-0.4, -0.2) is 44.9 Å². The maximum Gasteiger partial charge on any atom is 0.271 e. The van der Waals surface area contributed by atoms with Gasteiger partial charge in [0, 0.05) is 20.6 Å². The molecular formula is C15H25N3O2. The number of aryl methyl sites for hydroxylation is 1. The van der Waals surface area contributed by atoms with E-state index in [1.54, 1.807) is 23.7 Å².